The van der Waals surface area contributed by atoms with Crippen LogP contribution in [0.3, 0.4) is 0 Å². The van der Waals surface area contributed by atoms with Crippen molar-refractivity contribution >= 4 is 23.2 Å². The Balaban J connectivity index is 2.25. The Labute approximate surface area is 117 Å². The summed E-state index contributed by atoms with van der Waals surface area (Å²) in [4.78, 5) is 16.3. The summed E-state index contributed by atoms with van der Waals surface area (Å²) in [5.41, 5.74) is 0.824. The molecule has 98 valence electrons. The van der Waals surface area contributed by atoms with Gasteiger partial charge < -0.3 is 5.32 Å². The third-order valence-electron chi connectivity index (χ3n) is 3.05. The molecule has 0 saturated carbocycles. The van der Waals surface area contributed by atoms with Crippen LogP contribution in [-0.2, 0) is 10.2 Å². The average Bonchev–Trinajstić information content (AvgIpc) is 2.40. The Morgan fingerprint density at radius 3 is 2.42 bits per heavy atom. The zero-order valence-electron chi connectivity index (χ0n) is 10.9. The zero-order valence-corrected chi connectivity index (χ0v) is 11.6. The molecule has 0 fully saturated rings. The third-order valence-corrected chi connectivity index (χ3v) is 3.38. The Morgan fingerprint density at radius 1 is 1.16 bits per heavy atom. The van der Waals surface area contributed by atoms with E-state index in [1.165, 1.54) is 0 Å². The molecular formula is C15H15ClN2O. The fourth-order valence-corrected chi connectivity index (χ4v) is 2.18. The highest BCUT2D eigenvalue weighted by molar-refractivity contribution is 6.31. The first-order valence-electron chi connectivity index (χ1n) is 5.98. The van der Waals surface area contributed by atoms with Crippen molar-refractivity contribution in [1.29, 1.82) is 0 Å². The number of benzene rings is 1. The van der Waals surface area contributed by atoms with Crippen molar-refractivity contribution in [2.75, 3.05) is 5.32 Å². The van der Waals surface area contributed by atoms with Crippen molar-refractivity contribution in [2.45, 2.75) is 19.3 Å². The van der Waals surface area contributed by atoms with Crippen molar-refractivity contribution in [3.8, 4) is 0 Å². The predicted octanol–water partition coefficient (Wildman–Crippen LogP) is 3.65. The van der Waals surface area contributed by atoms with Crippen LogP contribution in [0.2, 0.25) is 5.02 Å². The number of nitrogens with zero attached hydrogens (tertiary/aromatic N) is 1. The Hall–Kier alpha value is -1.87. The first-order chi connectivity index (χ1) is 9.01. The van der Waals surface area contributed by atoms with E-state index in [1.807, 2.05) is 32.0 Å². The second kappa shape index (κ2) is 5.41. The molecule has 2 rings (SSSR count). The number of pyridine rings is 1. The molecule has 4 heteroatoms. The van der Waals surface area contributed by atoms with Gasteiger partial charge in [0.2, 0.25) is 5.91 Å². The molecule has 1 aromatic heterocycles. The number of amides is 1. The number of hydrogen-bond donors (Lipinski definition) is 1. The SMILES string of the molecule is CC(C)(C(=O)Nc1ccncc1)c1ccccc1Cl. The molecule has 0 aliphatic carbocycles. The smallest absolute Gasteiger partial charge is 0.234 e. The van der Waals surface area contributed by atoms with E-state index in [-0.39, 0.29) is 5.91 Å². The standard InChI is InChI=1S/C15H15ClN2O/c1-15(2,12-5-3-4-6-13(12)16)14(19)18-11-7-9-17-10-8-11/h3-10H,1-2H3,(H,17,18,19). The van der Waals surface area contributed by atoms with Gasteiger partial charge in [-0.2, -0.15) is 0 Å². The van der Waals surface area contributed by atoms with Crippen molar-refractivity contribution in [1.82, 2.24) is 4.98 Å². The molecule has 2 aromatic rings. The Kier molecular flexibility index (Phi) is 3.86. The van der Waals surface area contributed by atoms with E-state index in [0.29, 0.717) is 5.02 Å². The van der Waals surface area contributed by atoms with Gasteiger partial charge in [0.25, 0.3) is 0 Å². The van der Waals surface area contributed by atoms with Gasteiger partial charge in [-0.1, -0.05) is 29.8 Å². The highest BCUT2D eigenvalue weighted by Crippen LogP contribution is 2.30. The van der Waals surface area contributed by atoms with Gasteiger partial charge in [0.1, 0.15) is 0 Å². The van der Waals surface area contributed by atoms with E-state index in [9.17, 15) is 4.79 Å². The molecule has 0 atom stereocenters. The van der Waals surface area contributed by atoms with Gasteiger partial charge in [-0.15, -0.1) is 0 Å². The molecule has 0 aliphatic rings. The van der Waals surface area contributed by atoms with E-state index in [2.05, 4.69) is 10.3 Å². The molecule has 0 saturated heterocycles. The van der Waals surface area contributed by atoms with Crippen LogP contribution < -0.4 is 5.32 Å². The second-order valence-corrected chi connectivity index (χ2v) is 5.20. The van der Waals surface area contributed by atoms with Gasteiger partial charge in [0.05, 0.1) is 5.41 Å². The lowest BCUT2D eigenvalue weighted by Gasteiger charge is -2.25. The molecule has 0 radical (unpaired) electrons. The maximum Gasteiger partial charge on any atom is 0.234 e. The molecule has 0 bridgehead atoms. The maximum absolute atomic E-state index is 12.4. The summed E-state index contributed by atoms with van der Waals surface area (Å²) in [6, 6.07) is 10.9. The lowest BCUT2D eigenvalue weighted by Crippen LogP contribution is -2.35. The number of rotatable bonds is 3. The number of nitrogens with one attached hydrogen (secondary N) is 1. The monoisotopic (exact) mass is 274 g/mol. The molecule has 0 aliphatic heterocycles. The van der Waals surface area contributed by atoms with Crippen LogP contribution in [0.1, 0.15) is 19.4 Å². The highest BCUT2D eigenvalue weighted by Gasteiger charge is 2.31. The minimum atomic E-state index is -0.707. The summed E-state index contributed by atoms with van der Waals surface area (Å²) < 4.78 is 0. The van der Waals surface area contributed by atoms with E-state index in [0.717, 1.165) is 11.3 Å². The number of hydrogen-bond acceptors (Lipinski definition) is 2. The lowest BCUT2D eigenvalue weighted by molar-refractivity contribution is -0.120. The van der Waals surface area contributed by atoms with Crippen molar-refractivity contribution in [3.63, 3.8) is 0 Å². The summed E-state index contributed by atoms with van der Waals surface area (Å²) in [6.07, 6.45) is 3.27. The molecule has 0 spiro atoms. The first kappa shape index (κ1) is 13.6. The van der Waals surface area contributed by atoms with E-state index < -0.39 is 5.41 Å². The molecule has 1 aromatic carbocycles. The number of carbonyl (C=O) groups excluding carboxylic acids is 1. The Morgan fingerprint density at radius 2 is 1.79 bits per heavy atom. The second-order valence-electron chi connectivity index (χ2n) is 4.79. The van der Waals surface area contributed by atoms with Gasteiger partial charge in [-0.3, -0.25) is 9.78 Å². The van der Waals surface area contributed by atoms with Gasteiger partial charge in [0.15, 0.2) is 0 Å². The van der Waals surface area contributed by atoms with Crippen molar-refractivity contribution < 1.29 is 4.79 Å². The van der Waals surface area contributed by atoms with Crippen LogP contribution in [-0.4, -0.2) is 10.9 Å². The van der Waals surface area contributed by atoms with E-state index in [1.54, 1.807) is 30.6 Å². The van der Waals surface area contributed by atoms with Crippen LogP contribution in [0.4, 0.5) is 5.69 Å². The molecule has 1 heterocycles. The quantitative estimate of drug-likeness (QED) is 0.928. The van der Waals surface area contributed by atoms with Crippen molar-refractivity contribution in [3.05, 3.63) is 59.4 Å². The molecule has 1 N–H and O–H groups in total. The van der Waals surface area contributed by atoms with Crippen LogP contribution in [0.25, 0.3) is 0 Å². The van der Waals surface area contributed by atoms with Crippen LogP contribution in [0, 0.1) is 0 Å². The summed E-state index contributed by atoms with van der Waals surface area (Å²) in [6.45, 7) is 3.70. The van der Waals surface area contributed by atoms with Crippen LogP contribution in [0.5, 0.6) is 0 Å². The Bertz CT molecular complexity index is 582. The molecule has 1 amide bonds. The fourth-order valence-electron chi connectivity index (χ4n) is 1.81. The zero-order chi connectivity index (χ0) is 13.9. The normalized spacial score (nSPS) is 11.1. The summed E-state index contributed by atoms with van der Waals surface area (Å²) >= 11 is 6.17. The van der Waals surface area contributed by atoms with Gasteiger partial charge >= 0.3 is 0 Å². The summed E-state index contributed by atoms with van der Waals surface area (Å²) in [5.74, 6) is -0.105. The van der Waals surface area contributed by atoms with Gasteiger partial charge in [-0.05, 0) is 37.6 Å². The van der Waals surface area contributed by atoms with Crippen molar-refractivity contribution in [2.24, 2.45) is 0 Å². The lowest BCUT2D eigenvalue weighted by atomic mass is 9.83. The predicted molar refractivity (Wildman–Crippen MR) is 77.3 cm³/mol. The molecule has 0 unspecified atom stereocenters. The molecular weight excluding hydrogens is 260 g/mol. The van der Waals surface area contributed by atoms with Crippen LogP contribution >= 0.6 is 11.6 Å². The minimum absolute atomic E-state index is 0.105. The summed E-state index contributed by atoms with van der Waals surface area (Å²) in [7, 11) is 0. The summed E-state index contributed by atoms with van der Waals surface area (Å²) in [5, 5.41) is 3.47. The van der Waals surface area contributed by atoms with E-state index in [4.69, 9.17) is 11.6 Å². The fraction of sp³-hybridized carbons (Fsp3) is 0.200. The molecule has 19 heavy (non-hydrogen) atoms. The highest BCUT2D eigenvalue weighted by atomic mass is 35.5. The topological polar surface area (TPSA) is 42.0 Å². The van der Waals surface area contributed by atoms with E-state index >= 15 is 0 Å². The number of anilines is 1. The maximum atomic E-state index is 12.4. The first-order valence-corrected chi connectivity index (χ1v) is 6.36. The minimum Gasteiger partial charge on any atom is -0.325 e. The number of aromatic nitrogens is 1. The molecule has 3 nitrogen and oxygen atoms in total. The average molecular weight is 275 g/mol. The number of carbonyl (C=O) groups is 1. The number of halogens is 1. The largest absolute Gasteiger partial charge is 0.325 e. The van der Waals surface area contributed by atoms with Gasteiger partial charge in [0, 0.05) is 23.1 Å². The van der Waals surface area contributed by atoms with Gasteiger partial charge in [-0.25, -0.2) is 0 Å². The van der Waals surface area contributed by atoms with Crippen LogP contribution in [0.15, 0.2) is 48.8 Å². The third kappa shape index (κ3) is 2.93.